The van der Waals surface area contributed by atoms with Crippen LogP contribution in [0.4, 0.5) is 10.1 Å². The van der Waals surface area contributed by atoms with E-state index in [1.165, 1.54) is 23.9 Å². The highest BCUT2D eigenvalue weighted by molar-refractivity contribution is 9.10. The predicted octanol–water partition coefficient (Wildman–Crippen LogP) is 5.72. The zero-order valence-electron chi connectivity index (χ0n) is 16.2. The fraction of sp³-hybridized carbons (Fsp3) is 0.250. The van der Waals surface area contributed by atoms with E-state index in [9.17, 15) is 9.18 Å². The molecule has 0 saturated carbocycles. The number of carbonyl (C=O) groups excluding carboxylic acids is 1. The Kier molecular flexibility index (Phi) is 7.74. The highest BCUT2D eigenvalue weighted by Crippen LogP contribution is 2.27. The Morgan fingerprint density at radius 1 is 1.30 bits per heavy atom. The molecule has 0 spiro atoms. The number of anilines is 1. The number of hydrogen-bond donors (Lipinski definition) is 1. The van der Waals surface area contributed by atoms with E-state index in [1.54, 1.807) is 30.3 Å². The summed E-state index contributed by atoms with van der Waals surface area (Å²) in [6, 6.07) is 11.0. The van der Waals surface area contributed by atoms with Crippen LogP contribution in [0, 0.1) is 5.82 Å². The molecule has 0 aliphatic heterocycles. The molecule has 0 fully saturated rings. The number of ether oxygens (including phenoxy) is 1. The fourth-order valence-corrected chi connectivity index (χ4v) is 4.21. The van der Waals surface area contributed by atoms with Crippen molar-refractivity contribution in [1.82, 2.24) is 14.8 Å². The van der Waals surface area contributed by atoms with Crippen molar-refractivity contribution in [1.29, 1.82) is 0 Å². The minimum absolute atomic E-state index is 0.151. The molecule has 1 N–H and O–H groups in total. The van der Waals surface area contributed by atoms with Crippen LogP contribution < -0.4 is 10.1 Å². The number of thioether (sulfide) groups is 1. The minimum atomic E-state index is -0.396. The highest BCUT2D eigenvalue weighted by Gasteiger charge is 2.19. The number of hydrogen-bond acceptors (Lipinski definition) is 5. The van der Waals surface area contributed by atoms with Crippen molar-refractivity contribution in [2.75, 3.05) is 11.1 Å². The minimum Gasteiger partial charge on any atom is -0.483 e. The van der Waals surface area contributed by atoms with Gasteiger partial charge in [0.1, 0.15) is 11.6 Å². The van der Waals surface area contributed by atoms with E-state index >= 15 is 0 Å². The van der Waals surface area contributed by atoms with Crippen LogP contribution >= 0.6 is 39.3 Å². The molecule has 3 aromatic rings. The average Bonchev–Trinajstić information content (AvgIpc) is 3.13. The van der Waals surface area contributed by atoms with Gasteiger partial charge in [-0.05, 0) is 56.3 Å². The third-order valence-electron chi connectivity index (χ3n) is 4.09. The van der Waals surface area contributed by atoms with Crippen molar-refractivity contribution >= 4 is 50.9 Å². The third kappa shape index (κ3) is 5.74. The van der Waals surface area contributed by atoms with E-state index in [4.69, 9.17) is 16.3 Å². The lowest BCUT2D eigenvalue weighted by Crippen LogP contribution is -2.15. The second-order valence-electron chi connectivity index (χ2n) is 6.26. The van der Waals surface area contributed by atoms with Gasteiger partial charge in [0.15, 0.2) is 17.1 Å². The molecule has 1 atom stereocenters. The SMILES string of the molecule is CCn1c(SCC(=O)Nc2ccc(Br)cc2Cl)nnc1C(C)Oc1ccc(F)cc1. The molecular formula is C20H19BrClFN4O2S. The topological polar surface area (TPSA) is 69.0 Å². The fourth-order valence-electron chi connectivity index (χ4n) is 2.68. The van der Waals surface area contributed by atoms with Crippen molar-refractivity contribution in [2.45, 2.75) is 31.7 Å². The van der Waals surface area contributed by atoms with Crippen LogP contribution in [0.5, 0.6) is 5.75 Å². The maximum Gasteiger partial charge on any atom is 0.234 e. The van der Waals surface area contributed by atoms with Gasteiger partial charge in [-0.3, -0.25) is 4.79 Å². The van der Waals surface area contributed by atoms with Crippen LogP contribution in [-0.2, 0) is 11.3 Å². The molecule has 0 aliphatic carbocycles. The quantitative estimate of drug-likeness (QED) is 0.390. The number of rotatable bonds is 8. The highest BCUT2D eigenvalue weighted by atomic mass is 79.9. The monoisotopic (exact) mass is 512 g/mol. The van der Waals surface area contributed by atoms with Gasteiger partial charge in [0.05, 0.1) is 16.5 Å². The van der Waals surface area contributed by atoms with E-state index in [0.717, 1.165) is 4.47 Å². The number of aromatic nitrogens is 3. The molecule has 0 radical (unpaired) electrons. The number of carbonyl (C=O) groups is 1. The van der Waals surface area contributed by atoms with Gasteiger partial charge < -0.3 is 14.6 Å². The predicted molar refractivity (Wildman–Crippen MR) is 120 cm³/mol. The summed E-state index contributed by atoms with van der Waals surface area (Å²) in [7, 11) is 0. The second kappa shape index (κ2) is 10.3. The number of halogens is 3. The normalized spacial score (nSPS) is 11.9. The Hall–Kier alpha value is -2.10. The molecule has 10 heteroatoms. The summed E-state index contributed by atoms with van der Waals surface area (Å²) in [6.45, 7) is 4.42. The molecule has 1 heterocycles. The summed E-state index contributed by atoms with van der Waals surface area (Å²) in [4.78, 5) is 12.3. The summed E-state index contributed by atoms with van der Waals surface area (Å²) in [5, 5.41) is 12.3. The molecule has 0 bridgehead atoms. The van der Waals surface area contributed by atoms with Crippen LogP contribution in [0.2, 0.25) is 5.02 Å². The summed E-state index contributed by atoms with van der Waals surface area (Å²) < 4.78 is 21.6. The van der Waals surface area contributed by atoms with E-state index in [1.807, 2.05) is 18.4 Å². The number of nitrogens with one attached hydrogen (secondary N) is 1. The van der Waals surface area contributed by atoms with Gasteiger partial charge in [0, 0.05) is 11.0 Å². The molecule has 30 heavy (non-hydrogen) atoms. The van der Waals surface area contributed by atoms with Gasteiger partial charge in [-0.2, -0.15) is 0 Å². The molecule has 1 aromatic heterocycles. The van der Waals surface area contributed by atoms with Crippen LogP contribution in [0.25, 0.3) is 0 Å². The number of benzene rings is 2. The van der Waals surface area contributed by atoms with E-state index in [0.29, 0.717) is 34.0 Å². The van der Waals surface area contributed by atoms with Crippen molar-refractivity contribution in [3.63, 3.8) is 0 Å². The van der Waals surface area contributed by atoms with Crippen LogP contribution in [0.3, 0.4) is 0 Å². The lowest BCUT2D eigenvalue weighted by Gasteiger charge is -2.15. The lowest BCUT2D eigenvalue weighted by atomic mass is 10.3. The van der Waals surface area contributed by atoms with Gasteiger partial charge >= 0.3 is 0 Å². The van der Waals surface area contributed by atoms with Crippen LogP contribution in [0.15, 0.2) is 52.1 Å². The Morgan fingerprint density at radius 3 is 2.70 bits per heavy atom. The summed E-state index contributed by atoms with van der Waals surface area (Å²) >= 11 is 10.7. The third-order valence-corrected chi connectivity index (χ3v) is 5.86. The molecule has 158 valence electrons. The Labute approximate surface area is 191 Å². The van der Waals surface area contributed by atoms with E-state index in [-0.39, 0.29) is 17.5 Å². The lowest BCUT2D eigenvalue weighted by molar-refractivity contribution is -0.113. The number of nitrogens with zero attached hydrogens (tertiary/aromatic N) is 3. The van der Waals surface area contributed by atoms with Crippen molar-refractivity contribution in [2.24, 2.45) is 0 Å². The van der Waals surface area contributed by atoms with Gasteiger partial charge in [-0.1, -0.05) is 39.3 Å². The Bertz CT molecular complexity index is 1030. The molecule has 0 saturated heterocycles. The molecule has 2 aromatic carbocycles. The molecule has 3 rings (SSSR count). The van der Waals surface area contributed by atoms with Gasteiger partial charge in [-0.25, -0.2) is 4.39 Å². The smallest absolute Gasteiger partial charge is 0.234 e. The molecule has 0 aliphatic rings. The average molecular weight is 514 g/mol. The van der Waals surface area contributed by atoms with Crippen LogP contribution in [0.1, 0.15) is 25.8 Å². The molecular weight excluding hydrogens is 495 g/mol. The second-order valence-corrected chi connectivity index (χ2v) is 8.53. The Morgan fingerprint density at radius 2 is 2.03 bits per heavy atom. The Balaban J connectivity index is 1.63. The largest absolute Gasteiger partial charge is 0.483 e. The van der Waals surface area contributed by atoms with E-state index < -0.39 is 6.10 Å². The van der Waals surface area contributed by atoms with Gasteiger partial charge in [0.2, 0.25) is 5.91 Å². The maximum atomic E-state index is 13.1. The first-order valence-electron chi connectivity index (χ1n) is 9.10. The summed E-state index contributed by atoms with van der Waals surface area (Å²) in [5.74, 6) is 0.785. The molecule has 1 amide bonds. The molecule has 1 unspecified atom stereocenters. The van der Waals surface area contributed by atoms with Crippen molar-refractivity contribution in [3.05, 3.63) is 63.6 Å². The summed E-state index contributed by atoms with van der Waals surface area (Å²) in [5.41, 5.74) is 0.546. The standard InChI is InChI=1S/C20H19BrClFN4O2S/c1-3-27-19(12(2)29-15-7-5-14(23)6-8-15)25-26-20(27)30-11-18(28)24-17-9-4-13(21)10-16(17)22/h4-10,12H,3,11H2,1-2H3,(H,24,28). The molecule has 6 nitrogen and oxygen atoms in total. The zero-order valence-corrected chi connectivity index (χ0v) is 19.4. The number of amides is 1. The van der Waals surface area contributed by atoms with Crippen LogP contribution in [-0.4, -0.2) is 26.4 Å². The first kappa shape index (κ1) is 22.6. The summed E-state index contributed by atoms with van der Waals surface area (Å²) in [6.07, 6.45) is -0.396. The zero-order chi connectivity index (χ0) is 21.7. The van der Waals surface area contributed by atoms with Gasteiger partial charge in [0.25, 0.3) is 0 Å². The van der Waals surface area contributed by atoms with Crippen molar-refractivity contribution in [3.8, 4) is 5.75 Å². The maximum absolute atomic E-state index is 13.1. The first-order valence-corrected chi connectivity index (χ1v) is 11.3. The van der Waals surface area contributed by atoms with Gasteiger partial charge in [-0.15, -0.1) is 10.2 Å². The van der Waals surface area contributed by atoms with Crippen molar-refractivity contribution < 1.29 is 13.9 Å². The first-order chi connectivity index (χ1) is 14.4. The van der Waals surface area contributed by atoms with E-state index in [2.05, 4.69) is 31.4 Å².